The number of halogens is 3. The molecule has 2 rings (SSSR count). The standard InChI is InChI=1S/C12H12F3NO3/c13-12(14,15)19-6-5-16-4-3-8-7-9(11(17)18)1-2-10(8)16/h1-2,7H,3-6H2,(H,17,18). The Morgan fingerprint density at radius 1 is 1.42 bits per heavy atom. The fourth-order valence-corrected chi connectivity index (χ4v) is 2.11. The molecular weight excluding hydrogens is 263 g/mol. The first-order valence-corrected chi connectivity index (χ1v) is 5.69. The van der Waals surface area contributed by atoms with E-state index in [0.717, 1.165) is 11.3 Å². The summed E-state index contributed by atoms with van der Waals surface area (Å²) >= 11 is 0. The van der Waals surface area contributed by atoms with Crippen molar-refractivity contribution in [2.75, 3.05) is 24.6 Å². The predicted molar refractivity (Wildman–Crippen MR) is 61.3 cm³/mol. The van der Waals surface area contributed by atoms with Gasteiger partial charge in [0.1, 0.15) is 0 Å². The topological polar surface area (TPSA) is 49.8 Å². The van der Waals surface area contributed by atoms with Crippen LogP contribution in [0.5, 0.6) is 0 Å². The molecule has 0 saturated heterocycles. The molecule has 7 heteroatoms. The molecule has 0 bridgehead atoms. The second-order valence-electron chi connectivity index (χ2n) is 4.18. The lowest BCUT2D eigenvalue weighted by Gasteiger charge is -2.19. The van der Waals surface area contributed by atoms with Crippen LogP contribution in [0.2, 0.25) is 0 Å². The Hall–Kier alpha value is -1.76. The molecule has 0 saturated carbocycles. The van der Waals surface area contributed by atoms with Gasteiger partial charge in [0.15, 0.2) is 0 Å². The van der Waals surface area contributed by atoms with Crippen LogP contribution in [0.3, 0.4) is 0 Å². The fraction of sp³-hybridized carbons (Fsp3) is 0.417. The van der Waals surface area contributed by atoms with Gasteiger partial charge in [0.2, 0.25) is 0 Å². The van der Waals surface area contributed by atoms with Crippen molar-refractivity contribution >= 4 is 11.7 Å². The molecule has 19 heavy (non-hydrogen) atoms. The van der Waals surface area contributed by atoms with E-state index in [2.05, 4.69) is 4.74 Å². The van der Waals surface area contributed by atoms with Gasteiger partial charge in [-0.25, -0.2) is 4.79 Å². The SMILES string of the molecule is O=C(O)c1ccc2c(c1)CCN2CCOC(F)(F)F. The molecule has 0 unspecified atom stereocenters. The van der Waals surface area contributed by atoms with Crippen LogP contribution in [0.25, 0.3) is 0 Å². The normalized spacial score (nSPS) is 14.6. The highest BCUT2D eigenvalue weighted by molar-refractivity contribution is 5.88. The molecule has 0 spiro atoms. The van der Waals surface area contributed by atoms with Gasteiger partial charge in [0, 0.05) is 18.8 Å². The van der Waals surface area contributed by atoms with E-state index in [-0.39, 0.29) is 12.1 Å². The fourth-order valence-electron chi connectivity index (χ4n) is 2.11. The number of rotatable bonds is 4. The Kier molecular flexibility index (Phi) is 3.66. The van der Waals surface area contributed by atoms with Gasteiger partial charge in [0.05, 0.1) is 12.2 Å². The molecule has 1 heterocycles. The minimum Gasteiger partial charge on any atom is -0.478 e. The van der Waals surface area contributed by atoms with Gasteiger partial charge in [-0.3, -0.25) is 4.74 Å². The second kappa shape index (κ2) is 5.08. The third-order valence-corrected chi connectivity index (χ3v) is 2.95. The number of carboxylic acid groups (broad SMARTS) is 1. The van der Waals surface area contributed by atoms with E-state index in [9.17, 15) is 18.0 Å². The number of carboxylic acids is 1. The minimum atomic E-state index is -4.62. The van der Waals surface area contributed by atoms with Gasteiger partial charge in [-0.15, -0.1) is 13.2 Å². The number of nitrogens with zero attached hydrogens (tertiary/aromatic N) is 1. The number of anilines is 1. The van der Waals surface area contributed by atoms with Gasteiger partial charge >= 0.3 is 12.3 Å². The molecule has 4 nitrogen and oxygen atoms in total. The van der Waals surface area contributed by atoms with Crippen LogP contribution in [0.15, 0.2) is 18.2 Å². The van der Waals surface area contributed by atoms with Crippen molar-refractivity contribution in [3.63, 3.8) is 0 Å². The molecule has 0 aromatic heterocycles. The average Bonchev–Trinajstić information content (AvgIpc) is 2.70. The van der Waals surface area contributed by atoms with E-state index in [1.165, 1.54) is 6.07 Å². The zero-order valence-electron chi connectivity index (χ0n) is 9.91. The molecule has 1 aromatic carbocycles. The monoisotopic (exact) mass is 275 g/mol. The lowest BCUT2D eigenvalue weighted by Crippen LogP contribution is -2.28. The molecular formula is C12H12F3NO3. The van der Waals surface area contributed by atoms with Crippen molar-refractivity contribution in [1.29, 1.82) is 0 Å². The van der Waals surface area contributed by atoms with E-state index in [0.29, 0.717) is 13.0 Å². The van der Waals surface area contributed by atoms with Crippen LogP contribution in [-0.4, -0.2) is 37.1 Å². The van der Waals surface area contributed by atoms with Gasteiger partial charge in [-0.05, 0) is 30.2 Å². The summed E-state index contributed by atoms with van der Waals surface area (Å²) in [6.45, 7) is 0.252. The zero-order chi connectivity index (χ0) is 14.0. The first kappa shape index (κ1) is 13.7. The highest BCUT2D eigenvalue weighted by Crippen LogP contribution is 2.29. The molecule has 104 valence electrons. The smallest absolute Gasteiger partial charge is 0.478 e. The van der Waals surface area contributed by atoms with Gasteiger partial charge in [-0.1, -0.05) is 0 Å². The summed E-state index contributed by atoms with van der Waals surface area (Å²) in [6.07, 6.45) is -3.99. The number of carbonyl (C=O) groups is 1. The van der Waals surface area contributed by atoms with Gasteiger partial charge in [0.25, 0.3) is 0 Å². The maximum atomic E-state index is 11.9. The van der Waals surface area contributed by atoms with E-state index >= 15 is 0 Å². The summed E-state index contributed by atoms with van der Waals surface area (Å²) in [4.78, 5) is 12.6. The number of benzene rings is 1. The lowest BCUT2D eigenvalue weighted by atomic mass is 10.1. The van der Waals surface area contributed by atoms with Crippen LogP contribution in [0.1, 0.15) is 15.9 Å². The third kappa shape index (κ3) is 3.37. The summed E-state index contributed by atoms with van der Waals surface area (Å²) in [7, 11) is 0. The number of hydrogen-bond donors (Lipinski definition) is 1. The molecule has 1 aliphatic heterocycles. The predicted octanol–water partition coefficient (Wildman–Crippen LogP) is 2.28. The third-order valence-electron chi connectivity index (χ3n) is 2.95. The van der Waals surface area contributed by atoms with Gasteiger partial charge in [-0.2, -0.15) is 0 Å². The van der Waals surface area contributed by atoms with Crippen molar-refractivity contribution in [2.24, 2.45) is 0 Å². The molecule has 0 atom stereocenters. The summed E-state index contributed by atoms with van der Waals surface area (Å²) in [6, 6.07) is 4.63. The van der Waals surface area contributed by atoms with Crippen LogP contribution in [0, 0.1) is 0 Å². The number of alkyl halides is 3. The molecule has 0 amide bonds. The first-order chi connectivity index (χ1) is 8.87. The number of aromatic carboxylic acids is 1. The molecule has 1 N–H and O–H groups in total. The van der Waals surface area contributed by atoms with Crippen molar-refractivity contribution in [2.45, 2.75) is 12.8 Å². The number of hydrogen-bond acceptors (Lipinski definition) is 3. The van der Waals surface area contributed by atoms with Crippen LogP contribution < -0.4 is 4.90 Å². The lowest BCUT2D eigenvalue weighted by molar-refractivity contribution is -0.323. The summed E-state index contributed by atoms with van der Waals surface area (Å²) in [5.74, 6) is -1.01. The molecule has 0 aliphatic carbocycles. The summed E-state index contributed by atoms with van der Waals surface area (Å²) < 4.78 is 39.3. The largest absolute Gasteiger partial charge is 0.522 e. The number of fused-ring (bicyclic) bond motifs is 1. The highest BCUT2D eigenvalue weighted by Gasteiger charge is 2.29. The van der Waals surface area contributed by atoms with Crippen molar-refractivity contribution in [1.82, 2.24) is 0 Å². The van der Waals surface area contributed by atoms with Crippen molar-refractivity contribution < 1.29 is 27.8 Å². The highest BCUT2D eigenvalue weighted by atomic mass is 19.4. The molecule has 0 fully saturated rings. The number of ether oxygens (including phenoxy) is 1. The van der Waals surface area contributed by atoms with E-state index < -0.39 is 18.9 Å². The van der Waals surface area contributed by atoms with E-state index in [4.69, 9.17) is 5.11 Å². The van der Waals surface area contributed by atoms with Gasteiger partial charge < -0.3 is 10.0 Å². The molecule has 0 radical (unpaired) electrons. The van der Waals surface area contributed by atoms with Crippen LogP contribution >= 0.6 is 0 Å². The van der Waals surface area contributed by atoms with Crippen LogP contribution in [0.4, 0.5) is 18.9 Å². The second-order valence-corrected chi connectivity index (χ2v) is 4.18. The minimum absolute atomic E-state index is 0.124. The van der Waals surface area contributed by atoms with E-state index in [1.54, 1.807) is 17.0 Å². The Labute approximate surface area is 107 Å². The van der Waals surface area contributed by atoms with E-state index in [1.807, 2.05) is 0 Å². The maximum absolute atomic E-state index is 11.9. The Bertz CT molecular complexity index is 488. The maximum Gasteiger partial charge on any atom is 0.522 e. The summed E-state index contributed by atoms with van der Waals surface area (Å²) in [5.41, 5.74) is 1.80. The Morgan fingerprint density at radius 2 is 2.16 bits per heavy atom. The van der Waals surface area contributed by atoms with Crippen molar-refractivity contribution in [3.05, 3.63) is 29.3 Å². The molecule has 1 aliphatic rings. The summed E-state index contributed by atoms with van der Waals surface area (Å²) in [5, 5.41) is 8.85. The first-order valence-electron chi connectivity index (χ1n) is 5.69. The van der Waals surface area contributed by atoms with Crippen LogP contribution in [-0.2, 0) is 11.2 Å². The van der Waals surface area contributed by atoms with Crippen molar-refractivity contribution in [3.8, 4) is 0 Å². The average molecular weight is 275 g/mol. The Balaban J connectivity index is 2.00. The zero-order valence-corrected chi connectivity index (χ0v) is 9.91. The molecule has 1 aromatic rings. The quantitative estimate of drug-likeness (QED) is 0.916. The Morgan fingerprint density at radius 3 is 2.79 bits per heavy atom.